The highest BCUT2D eigenvalue weighted by atomic mass is 32.2. The topological polar surface area (TPSA) is 71.9 Å². The molecule has 0 fully saturated rings. The maximum Gasteiger partial charge on any atom is 0.277 e. The van der Waals surface area contributed by atoms with E-state index >= 15 is 0 Å². The summed E-state index contributed by atoms with van der Waals surface area (Å²) in [5.41, 5.74) is 2.66. The van der Waals surface area contributed by atoms with E-state index in [9.17, 15) is 0 Å². The van der Waals surface area contributed by atoms with Crippen molar-refractivity contribution in [2.75, 3.05) is 0 Å². The highest BCUT2D eigenvalue weighted by Crippen LogP contribution is 2.24. The van der Waals surface area contributed by atoms with Gasteiger partial charge in [-0.3, -0.25) is 0 Å². The van der Waals surface area contributed by atoms with Crippen molar-refractivity contribution >= 4 is 11.8 Å². The van der Waals surface area contributed by atoms with E-state index in [0.29, 0.717) is 22.4 Å². The zero-order valence-corrected chi connectivity index (χ0v) is 13.9. The number of nitrogens with zero attached hydrogens (tertiary/aromatic N) is 3. The molecule has 0 spiro atoms. The van der Waals surface area contributed by atoms with Crippen LogP contribution in [0.15, 0.2) is 58.2 Å². The standard InChI is InChI=1S/C18H15N3O2S/c1-13-6-2-5-9-16(13)22-11-17-20-21-18(23-17)24-12-15-8-4-3-7-14(15)10-19/h2-9H,11-12H2,1H3. The number of benzene rings is 2. The van der Waals surface area contributed by atoms with Gasteiger partial charge in [-0.05, 0) is 30.2 Å². The second-order valence-corrected chi connectivity index (χ2v) is 6.00. The summed E-state index contributed by atoms with van der Waals surface area (Å²) in [4.78, 5) is 0. The molecule has 6 heteroatoms. The van der Waals surface area contributed by atoms with Crippen LogP contribution in [0.4, 0.5) is 0 Å². The highest BCUT2D eigenvalue weighted by Gasteiger charge is 2.10. The first-order chi connectivity index (χ1) is 11.8. The average molecular weight is 337 g/mol. The molecule has 0 aliphatic heterocycles. The van der Waals surface area contributed by atoms with Gasteiger partial charge in [-0.25, -0.2) is 0 Å². The zero-order chi connectivity index (χ0) is 16.8. The highest BCUT2D eigenvalue weighted by molar-refractivity contribution is 7.98. The van der Waals surface area contributed by atoms with Gasteiger partial charge < -0.3 is 9.15 Å². The fraction of sp³-hybridized carbons (Fsp3) is 0.167. The summed E-state index contributed by atoms with van der Waals surface area (Å²) in [5, 5.41) is 17.6. The number of rotatable bonds is 6. The van der Waals surface area contributed by atoms with Crippen LogP contribution in [0, 0.1) is 18.3 Å². The van der Waals surface area contributed by atoms with Crippen molar-refractivity contribution in [1.29, 1.82) is 5.26 Å². The molecule has 3 rings (SSSR count). The molecule has 0 N–H and O–H groups in total. The summed E-state index contributed by atoms with van der Waals surface area (Å²) in [5.74, 6) is 1.83. The molecule has 0 atom stereocenters. The van der Waals surface area contributed by atoms with Crippen molar-refractivity contribution in [2.45, 2.75) is 24.5 Å². The Balaban J connectivity index is 1.58. The van der Waals surface area contributed by atoms with E-state index in [0.717, 1.165) is 16.9 Å². The summed E-state index contributed by atoms with van der Waals surface area (Å²) in [6.07, 6.45) is 0. The molecule has 0 radical (unpaired) electrons. The molecule has 0 aliphatic carbocycles. The summed E-state index contributed by atoms with van der Waals surface area (Å²) in [6, 6.07) is 17.4. The van der Waals surface area contributed by atoms with Crippen LogP contribution < -0.4 is 4.74 Å². The number of para-hydroxylation sites is 1. The SMILES string of the molecule is Cc1ccccc1OCc1nnc(SCc2ccccc2C#N)o1. The molecule has 1 aromatic heterocycles. The van der Waals surface area contributed by atoms with E-state index in [2.05, 4.69) is 16.3 Å². The summed E-state index contributed by atoms with van der Waals surface area (Å²) >= 11 is 1.40. The summed E-state index contributed by atoms with van der Waals surface area (Å²) in [7, 11) is 0. The minimum Gasteiger partial charge on any atom is -0.484 e. The molecule has 24 heavy (non-hydrogen) atoms. The number of thioether (sulfide) groups is 1. The van der Waals surface area contributed by atoms with Crippen molar-refractivity contribution in [3.63, 3.8) is 0 Å². The van der Waals surface area contributed by atoms with Crippen molar-refractivity contribution in [3.8, 4) is 11.8 Å². The van der Waals surface area contributed by atoms with E-state index in [-0.39, 0.29) is 6.61 Å². The third-order valence-corrected chi connectivity index (χ3v) is 4.25. The van der Waals surface area contributed by atoms with Crippen LogP contribution in [0.1, 0.15) is 22.6 Å². The minimum absolute atomic E-state index is 0.229. The van der Waals surface area contributed by atoms with E-state index in [1.165, 1.54) is 11.8 Å². The van der Waals surface area contributed by atoms with Crippen molar-refractivity contribution < 1.29 is 9.15 Å². The van der Waals surface area contributed by atoms with Gasteiger partial charge in [0.15, 0.2) is 6.61 Å². The first-order valence-corrected chi connectivity index (χ1v) is 8.36. The van der Waals surface area contributed by atoms with Crippen LogP contribution in [0.25, 0.3) is 0 Å². The van der Waals surface area contributed by atoms with Gasteiger partial charge in [0.05, 0.1) is 11.6 Å². The molecule has 0 aliphatic rings. The second-order valence-electron chi connectivity index (χ2n) is 5.07. The van der Waals surface area contributed by atoms with Gasteiger partial charge in [-0.2, -0.15) is 5.26 Å². The van der Waals surface area contributed by atoms with E-state index < -0.39 is 0 Å². The molecular weight excluding hydrogens is 322 g/mol. The van der Waals surface area contributed by atoms with Crippen LogP contribution in [-0.2, 0) is 12.4 Å². The quantitative estimate of drug-likeness (QED) is 0.630. The maximum absolute atomic E-state index is 9.09. The lowest BCUT2D eigenvalue weighted by Crippen LogP contribution is -1.97. The van der Waals surface area contributed by atoms with Gasteiger partial charge in [-0.15, -0.1) is 10.2 Å². The molecular formula is C18H15N3O2S. The third-order valence-electron chi connectivity index (χ3n) is 3.38. The lowest BCUT2D eigenvalue weighted by Gasteiger charge is -2.05. The van der Waals surface area contributed by atoms with E-state index in [1.54, 1.807) is 6.07 Å². The van der Waals surface area contributed by atoms with Gasteiger partial charge in [-0.1, -0.05) is 48.2 Å². The normalized spacial score (nSPS) is 10.3. The molecule has 0 amide bonds. The Morgan fingerprint density at radius 3 is 2.75 bits per heavy atom. The molecule has 0 saturated heterocycles. The van der Waals surface area contributed by atoms with Crippen molar-refractivity contribution in [1.82, 2.24) is 10.2 Å². The Hall–Kier alpha value is -2.78. The molecule has 1 heterocycles. The molecule has 0 bridgehead atoms. The summed E-state index contributed by atoms with van der Waals surface area (Å²) in [6.45, 7) is 2.21. The van der Waals surface area contributed by atoms with Gasteiger partial charge in [0.2, 0.25) is 0 Å². The van der Waals surface area contributed by atoms with Gasteiger partial charge in [0, 0.05) is 5.75 Å². The van der Waals surface area contributed by atoms with Crippen molar-refractivity contribution in [3.05, 3.63) is 71.1 Å². The number of hydrogen-bond acceptors (Lipinski definition) is 6. The van der Waals surface area contributed by atoms with Crippen LogP contribution >= 0.6 is 11.8 Å². The Morgan fingerprint density at radius 2 is 1.92 bits per heavy atom. The summed E-state index contributed by atoms with van der Waals surface area (Å²) < 4.78 is 11.3. The first kappa shape index (κ1) is 16.1. The molecule has 3 aromatic rings. The number of aryl methyl sites for hydroxylation is 1. The molecule has 2 aromatic carbocycles. The van der Waals surface area contributed by atoms with Crippen LogP contribution in [0.5, 0.6) is 5.75 Å². The smallest absolute Gasteiger partial charge is 0.277 e. The lowest BCUT2D eigenvalue weighted by molar-refractivity contribution is 0.251. The predicted molar refractivity (Wildman–Crippen MR) is 90.5 cm³/mol. The number of nitriles is 1. The Bertz CT molecular complexity index is 870. The largest absolute Gasteiger partial charge is 0.484 e. The Kier molecular flexibility index (Phi) is 5.14. The van der Waals surface area contributed by atoms with E-state index in [4.69, 9.17) is 14.4 Å². The van der Waals surface area contributed by atoms with Crippen LogP contribution in [-0.4, -0.2) is 10.2 Å². The van der Waals surface area contributed by atoms with E-state index in [1.807, 2.05) is 49.4 Å². The zero-order valence-electron chi connectivity index (χ0n) is 13.1. The molecule has 0 unspecified atom stereocenters. The van der Waals surface area contributed by atoms with Crippen molar-refractivity contribution in [2.24, 2.45) is 0 Å². The molecule has 0 saturated carbocycles. The fourth-order valence-electron chi connectivity index (χ4n) is 2.11. The second kappa shape index (κ2) is 7.66. The Morgan fingerprint density at radius 1 is 1.12 bits per heavy atom. The van der Waals surface area contributed by atoms with Crippen LogP contribution in [0.2, 0.25) is 0 Å². The third kappa shape index (κ3) is 3.94. The molecule has 120 valence electrons. The minimum atomic E-state index is 0.229. The van der Waals surface area contributed by atoms with Gasteiger partial charge >= 0.3 is 0 Å². The monoisotopic (exact) mass is 337 g/mol. The first-order valence-electron chi connectivity index (χ1n) is 7.38. The number of hydrogen-bond donors (Lipinski definition) is 0. The maximum atomic E-state index is 9.09. The lowest BCUT2D eigenvalue weighted by atomic mass is 10.1. The fourth-order valence-corrected chi connectivity index (χ4v) is 2.89. The predicted octanol–water partition coefficient (Wildman–Crippen LogP) is 4.12. The van der Waals surface area contributed by atoms with Gasteiger partial charge in [0.25, 0.3) is 11.1 Å². The van der Waals surface area contributed by atoms with Gasteiger partial charge in [0.1, 0.15) is 5.75 Å². The number of aromatic nitrogens is 2. The molecule has 5 nitrogen and oxygen atoms in total. The van der Waals surface area contributed by atoms with Crippen LogP contribution in [0.3, 0.4) is 0 Å². The number of ether oxygens (including phenoxy) is 1. The average Bonchev–Trinajstić information content (AvgIpc) is 3.07. The Labute approximate surface area is 144 Å².